The van der Waals surface area contributed by atoms with Crippen LogP contribution in [0.2, 0.25) is 0 Å². The smallest absolute Gasteiger partial charge is 0.325 e. The highest BCUT2D eigenvalue weighted by Gasteiger charge is 2.48. The molecule has 0 aliphatic carbocycles. The fourth-order valence-electron chi connectivity index (χ4n) is 2.31. The van der Waals surface area contributed by atoms with Crippen molar-refractivity contribution in [3.8, 4) is 0 Å². The standard InChI is InChI=1S/C12H19ClN4O3S/c1-3-4-17-8-9(16(2)11(20)15-10(8)19)14-12(17)21-6-7(18)5-13/h7-9,18H,3-6H2,1-2H3,(H,15,19,20). The van der Waals surface area contributed by atoms with Crippen LogP contribution in [0.3, 0.4) is 0 Å². The van der Waals surface area contributed by atoms with E-state index in [0.29, 0.717) is 17.5 Å². The lowest BCUT2D eigenvalue weighted by molar-refractivity contribution is -0.127. The molecule has 0 aromatic carbocycles. The molecule has 0 bridgehead atoms. The molecule has 0 aromatic heterocycles. The van der Waals surface area contributed by atoms with E-state index >= 15 is 0 Å². The minimum Gasteiger partial charge on any atom is -0.391 e. The van der Waals surface area contributed by atoms with E-state index in [-0.39, 0.29) is 11.8 Å². The van der Waals surface area contributed by atoms with E-state index in [4.69, 9.17) is 11.6 Å². The summed E-state index contributed by atoms with van der Waals surface area (Å²) in [5.74, 6) is 0.231. The second-order valence-electron chi connectivity index (χ2n) is 4.99. The monoisotopic (exact) mass is 334 g/mol. The molecule has 2 rings (SSSR count). The Morgan fingerprint density at radius 2 is 2.24 bits per heavy atom. The van der Waals surface area contributed by atoms with E-state index in [1.807, 2.05) is 11.8 Å². The van der Waals surface area contributed by atoms with Crippen molar-refractivity contribution in [2.75, 3.05) is 25.2 Å². The molecule has 2 aliphatic rings. The molecule has 2 aliphatic heterocycles. The van der Waals surface area contributed by atoms with Gasteiger partial charge in [-0.25, -0.2) is 9.79 Å². The Morgan fingerprint density at radius 3 is 2.86 bits per heavy atom. The molecule has 0 saturated carbocycles. The average molecular weight is 335 g/mol. The maximum absolute atomic E-state index is 12.1. The summed E-state index contributed by atoms with van der Waals surface area (Å²) in [6.07, 6.45) is -0.279. The molecule has 2 N–H and O–H groups in total. The number of halogens is 1. The van der Waals surface area contributed by atoms with Crippen LogP contribution in [0, 0.1) is 0 Å². The molecule has 3 amide bonds. The summed E-state index contributed by atoms with van der Waals surface area (Å²) >= 11 is 6.95. The molecule has 7 nitrogen and oxygen atoms in total. The summed E-state index contributed by atoms with van der Waals surface area (Å²) in [7, 11) is 1.62. The number of hydrogen-bond donors (Lipinski definition) is 2. The van der Waals surface area contributed by atoms with Crippen LogP contribution >= 0.6 is 23.4 Å². The maximum Gasteiger partial charge on any atom is 0.325 e. The zero-order chi connectivity index (χ0) is 15.6. The number of nitrogens with zero attached hydrogens (tertiary/aromatic N) is 3. The quantitative estimate of drug-likeness (QED) is 0.705. The second kappa shape index (κ2) is 6.85. The van der Waals surface area contributed by atoms with Crippen molar-refractivity contribution in [3.05, 3.63) is 0 Å². The first-order chi connectivity index (χ1) is 9.99. The van der Waals surface area contributed by atoms with Gasteiger partial charge in [-0.15, -0.1) is 11.6 Å². The normalized spacial score (nSPS) is 26.6. The molecular formula is C12H19ClN4O3S. The molecule has 2 heterocycles. The van der Waals surface area contributed by atoms with Crippen molar-refractivity contribution in [2.45, 2.75) is 31.7 Å². The number of hydrogen-bond acceptors (Lipinski definition) is 6. The van der Waals surface area contributed by atoms with Gasteiger partial charge >= 0.3 is 6.03 Å². The summed E-state index contributed by atoms with van der Waals surface area (Å²) < 4.78 is 0. The van der Waals surface area contributed by atoms with Crippen molar-refractivity contribution in [1.29, 1.82) is 0 Å². The third-order valence-corrected chi connectivity index (χ3v) is 4.88. The number of nitrogens with one attached hydrogen (secondary N) is 1. The molecule has 0 aromatic rings. The molecule has 3 atom stereocenters. The number of thioether (sulfide) groups is 1. The van der Waals surface area contributed by atoms with Crippen molar-refractivity contribution < 1.29 is 14.7 Å². The highest BCUT2D eigenvalue weighted by Crippen LogP contribution is 2.28. The lowest BCUT2D eigenvalue weighted by Crippen LogP contribution is -2.63. The van der Waals surface area contributed by atoms with Gasteiger partial charge in [-0.3, -0.25) is 10.1 Å². The first-order valence-electron chi connectivity index (χ1n) is 6.78. The molecule has 0 spiro atoms. The molecule has 1 fully saturated rings. The van der Waals surface area contributed by atoms with Gasteiger partial charge in [-0.2, -0.15) is 0 Å². The van der Waals surface area contributed by atoms with Gasteiger partial charge in [0.05, 0.1) is 6.10 Å². The Kier molecular flexibility index (Phi) is 5.34. The number of aliphatic hydroxyl groups is 1. The number of imide groups is 1. The SMILES string of the molecule is CCCN1C(SCC(O)CCl)=NC2C1C(=O)NC(=O)N2C. The van der Waals surface area contributed by atoms with Crippen molar-refractivity contribution in [1.82, 2.24) is 15.1 Å². The number of urea groups is 1. The molecule has 0 radical (unpaired) electrons. The Labute approximate surface area is 132 Å². The number of aliphatic hydroxyl groups excluding tert-OH is 1. The Hall–Kier alpha value is -0.990. The van der Waals surface area contributed by atoms with Gasteiger partial charge in [0.2, 0.25) is 0 Å². The Morgan fingerprint density at radius 1 is 1.52 bits per heavy atom. The van der Waals surface area contributed by atoms with Crippen LogP contribution in [0.4, 0.5) is 4.79 Å². The number of alkyl halides is 1. The number of aliphatic imine (C=N–C) groups is 1. The molecule has 21 heavy (non-hydrogen) atoms. The number of carbonyl (C=O) groups is 2. The summed E-state index contributed by atoms with van der Waals surface area (Å²) in [6.45, 7) is 2.68. The fourth-order valence-corrected chi connectivity index (χ4v) is 3.56. The third kappa shape index (κ3) is 3.27. The summed E-state index contributed by atoms with van der Waals surface area (Å²) in [4.78, 5) is 31.6. The largest absolute Gasteiger partial charge is 0.391 e. The lowest BCUT2D eigenvalue weighted by Gasteiger charge is -2.36. The number of carbonyl (C=O) groups excluding carboxylic acids is 2. The van der Waals surface area contributed by atoms with Crippen LogP contribution in [-0.2, 0) is 4.79 Å². The van der Waals surface area contributed by atoms with E-state index in [0.717, 1.165) is 6.42 Å². The van der Waals surface area contributed by atoms with Gasteiger partial charge in [0.25, 0.3) is 5.91 Å². The van der Waals surface area contributed by atoms with Gasteiger partial charge in [-0.1, -0.05) is 18.7 Å². The van der Waals surface area contributed by atoms with Gasteiger partial charge in [-0.05, 0) is 6.42 Å². The minimum absolute atomic E-state index is 0.153. The van der Waals surface area contributed by atoms with E-state index in [9.17, 15) is 14.7 Å². The summed E-state index contributed by atoms with van der Waals surface area (Å²) in [5, 5.41) is 12.6. The Bertz CT molecular complexity index is 462. The summed E-state index contributed by atoms with van der Waals surface area (Å²) in [5.41, 5.74) is 0. The van der Waals surface area contributed by atoms with Gasteiger partial charge in [0.1, 0.15) is 0 Å². The van der Waals surface area contributed by atoms with E-state index < -0.39 is 24.3 Å². The molecule has 3 unspecified atom stereocenters. The third-order valence-electron chi connectivity index (χ3n) is 3.37. The predicted octanol–water partition coefficient (Wildman–Crippen LogP) is 0.277. The number of amidine groups is 1. The number of likely N-dealkylation sites (N-methyl/N-ethyl adjacent to an activating group) is 1. The van der Waals surface area contributed by atoms with Crippen LogP contribution in [0.25, 0.3) is 0 Å². The number of amides is 3. The fraction of sp³-hybridized carbons (Fsp3) is 0.750. The number of rotatable bonds is 5. The average Bonchev–Trinajstić information content (AvgIpc) is 2.82. The van der Waals surface area contributed by atoms with Crippen LogP contribution in [0.15, 0.2) is 4.99 Å². The van der Waals surface area contributed by atoms with Gasteiger partial charge < -0.3 is 14.9 Å². The van der Waals surface area contributed by atoms with Crippen molar-refractivity contribution >= 4 is 40.5 Å². The van der Waals surface area contributed by atoms with Crippen molar-refractivity contribution in [3.63, 3.8) is 0 Å². The highest BCUT2D eigenvalue weighted by atomic mass is 35.5. The van der Waals surface area contributed by atoms with E-state index in [1.54, 1.807) is 7.05 Å². The van der Waals surface area contributed by atoms with Gasteiger partial charge in [0.15, 0.2) is 17.4 Å². The maximum atomic E-state index is 12.1. The molecule has 1 saturated heterocycles. The van der Waals surface area contributed by atoms with Crippen LogP contribution in [-0.4, -0.2) is 75.5 Å². The Balaban J connectivity index is 2.18. The van der Waals surface area contributed by atoms with Crippen LogP contribution in [0.5, 0.6) is 0 Å². The van der Waals surface area contributed by atoms with Crippen molar-refractivity contribution in [2.24, 2.45) is 4.99 Å². The zero-order valence-electron chi connectivity index (χ0n) is 12.0. The first-order valence-corrected chi connectivity index (χ1v) is 8.30. The van der Waals surface area contributed by atoms with Crippen LogP contribution in [0.1, 0.15) is 13.3 Å². The lowest BCUT2D eigenvalue weighted by atomic mass is 10.1. The first kappa shape index (κ1) is 16.4. The molecular weight excluding hydrogens is 316 g/mol. The zero-order valence-corrected chi connectivity index (χ0v) is 13.5. The molecule has 9 heteroatoms. The number of fused-ring (bicyclic) bond motifs is 1. The van der Waals surface area contributed by atoms with Gasteiger partial charge in [0, 0.05) is 25.2 Å². The van der Waals surface area contributed by atoms with E-state index in [2.05, 4.69) is 10.3 Å². The topological polar surface area (TPSA) is 85.2 Å². The van der Waals surface area contributed by atoms with E-state index in [1.165, 1.54) is 16.7 Å². The predicted molar refractivity (Wildman–Crippen MR) is 82.5 cm³/mol. The second-order valence-corrected chi connectivity index (χ2v) is 6.28. The highest BCUT2D eigenvalue weighted by molar-refractivity contribution is 8.13. The minimum atomic E-state index is -0.626. The summed E-state index contributed by atoms with van der Waals surface area (Å²) in [6, 6.07) is -0.934. The van der Waals surface area contributed by atoms with Crippen LogP contribution < -0.4 is 5.32 Å². The molecule has 118 valence electrons.